The van der Waals surface area contributed by atoms with Gasteiger partial charge >= 0.3 is 0 Å². The molecule has 2 N–H and O–H groups in total. The molecule has 1 aromatic rings. The first kappa shape index (κ1) is 13.4. The summed E-state index contributed by atoms with van der Waals surface area (Å²) in [6, 6.07) is 8.17. The van der Waals surface area contributed by atoms with Crippen molar-refractivity contribution in [2.24, 2.45) is 5.92 Å². The van der Waals surface area contributed by atoms with Crippen LogP contribution >= 0.6 is 0 Å². The van der Waals surface area contributed by atoms with E-state index in [0.29, 0.717) is 0 Å². The minimum Gasteiger partial charge on any atom is -0.370 e. The van der Waals surface area contributed by atoms with Crippen LogP contribution in [0, 0.1) is 5.92 Å². The lowest BCUT2D eigenvalue weighted by atomic mass is 9.98. The van der Waals surface area contributed by atoms with E-state index >= 15 is 0 Å². The average molecular weight is 273 g/mol. The summed E-state index contributed by atoms with van der Waals surface area (Å²) in [4.78, 5) is 14.7. The number of rotatable bonds is 3. The minimum atomic E-state index is 0.107. The molecule has 2 fully saturated rings. The molecule has 20 heavy (non-hydrogen) atoms. The van der Waals surface area contributed by atoms with Gasteiger partial charge in [0.05, 0.1) is 17.3 Å². The second kappa shape index (κ2) is 6.27. The molecule has 0 saturated carbocycles. The van der Waals surface area contributed by atoms with Crippen molar-refractivity contribution in [2.45, 2.75) is 25.7 Å². The van der Waals surface area contributed by atoms with Gasteiger partial charge in [-0.2, -0.15) is 0 Å². The third-order valence-corrected chi connectivity index (χ3v) is 4.28. The van der Waals surface area contributed by atoms with E-state index in [-0.39, 0.29) is 11.8 Å². The molecule has 108 valence electrons. The number of amides is 1. The molecule has 1 aromatic carbocycles. The molecule has 2 aliphatic heterocycles. The Labute approximate surface area is 120 Å². The Kier molecular flexibility index (Phi) is 4.21. The molecule has 2 aliphatic rings. The predicted octanol–water partition coefficient (Wildman–Crippen LogP) is 2.22. The monoisotopic (exact) mass is 273 g/mol. The van der Waals surface area contributed by atoms with E-state index in [1.807, 2.05) is 18.2 Å². The molecule has 0 aliphatic carbocycles. The van der Waals surface area contributed by atoms with E-state index in [1.54, 1.807) is 0 Å². The molecule has 1 atom stereocenters. The summed E-state index contributed by atoms with van der Waals surface area (Å²) >= 11 is 0. The van der Waals surface area contributed by atoms with Gasteiger partial charge in [0.2, 0.25) is 5.91 Å². The smallest absolute Gasteiger partial charge is 0.228 e. The quantitative estimate of drug-likeness (QED) is 0.887. The van der Waals surface area contributed by atoms with Crippen molar-refractivity contribution in [3.05, 3.63) is 24.3 Å². The molecular formula is C16H23N3O. The number of nitrogens with one attached hydrogen (secondary N) is 2. The fraction of sp³-hybridized carbons (Fsp3) is 0.562. The van der Waals surface area contributed by atoms with Crippen molar-refractivity contribution < 1.29 is 4.79 Å². The molecule has 4 heteroatoms. The fourth-order valence-corrected chi connectivity index (χ4v) is 3.12. The maximum absolute atomic E-state index is 12.4. The molecule has 0 aromatic heterocycles. The molecule has 2 saturated heterocycles. The second-order valence-corrected chi connectivity index (χ2v) is 5.74. The molecule has 3 rings (SSSR count). The summed E-state index contributed by atoms with van der Waals surface area (Å²) in [5, 5.41) is 6.44. The first-order valence-electron chi connectivity index (χ1n) is 7.70. The lowest BCUT2D eigenvalue weighted by Crippen LogP contribution is -2.37. The molecular weight excluding hydrogens is 250 g/mol. The summed E-state index contributed by atoms with van der Waals surface area (Å²) < 4.78 is 0. The fourth-order valence-electron chi connectivity index (χ4n) is 3.12. The van der Waals surface area contributed by atoms with Crippen LogP contribution < -0.4 is 15.5 Å². The van der Waals surface area contributed by atoms with E-state index in [4.69, 9.17) is 0 Å². The van der Waals surface area contributed by atoms with Crippen LogP contribution in [0.1, 0.15) is 25.7 Å². The van der Waals surface area contributed by atoms with Gasteiger partial charge in [0.15, 0.2) is 0 Å². The maximum Gasteiger partial charge on any atom is 0.228 e. The summed E-state index contributed by atoms with van der Waals surface area (Å²) in [5.41, 5.74) is 2.13. The molecule has 1 amide bonds. The second-order valence-electron chi connectivity index (χ2n) is 5.74. The number of carbonyl (C=O) groups excluding carboxylic acids is 1. The Morgan fingerprint density at radius 1 is 1.20 bits per heavy atom. The third-order valence-electron chi connectivity index (χ3n) is 4.28. The molecule has 0 bridgehead atoms. The number of hydrogen-bond donors (Lipinski definition) is 2. The van der Waals surface area contributed by atoms with Crippen molar-refractivity contribution >= 4 is 17.3 Å². The molecule has 2 heterocycles. The summed E-state index contributed by atoms with van der Waals surface area (Å²) in [5.74, 6) is 0.263. The van der Waals surface area contributed by atoms with Gasteiger partial charge in [0.1, 0.15) is 0 Å². The minimum absolute atomic E-state index is 0.107. The van der Waals surface area contributed by atoms with Crippen LogP contribution in [-0.4, -0.2) is 32.1 Å². The van der Waals surface area contributed by atoms with Crippen molar-refractivity contribution in [3.8, 4) is 0 Å². The maximum atomic E-state index is 12.4. The van der Waals surface area contributed by atoms with Gasteiger partial charge in [-0.05, 0) is 44.4 Å². The lowest BCUT2D eigenvalue weighted by molar-refractivity contribution is -0.120. The Bertz CT molecular complexity index is 463. The largest absolute Gasteiger partial charge is 0.370 e. The van der Waals surface area contributed by atoms with Crippen LogP contribution in [0.5, 0.6) is 0 Å². The third kappa shape index (κ3) is 2.96. The van der Waals surface area contributed by atoms with Gasteiger partial charge in [-0.1, -0.05) is 12.1 Å². The number of hydrogen-bond acceptors (Lipinski definition) is 3. The van der Waals surface area contributed by atoms with Gasteiger partial charge in [0, 0.05) is 19.6 Å². The van der Waals surface area contributed by atoms with Crippen molar-refractivity contribution in [1.82, 2.24) is 5.32 Å². The highest BCUT2D eigenvalue weighted by Crippen LogP contribution is 2.29. The van der Waals surface area contributed by atoms with Gasteiger partial charge in [0.25, 0.3) is 0 Å². The SMILES string of the molecule is O=C(Nc1ccccc1N1CCCC1)[C@@H]1CCCNC1. The topological polar surface area (TPSA) is 44.4 Å². The first-order chi connectivity index (χ1) is 9.84. The number of carbonyl (C=O) groups is 1. The molecule has 0 unspecified atom stereocenters. The van der Waals surface area contributed by atoms with Crippen LogP contribution in [0.4, 0.5) is 11.4 Å². The molecule has 0 radical (unpaired) electrons. The van der Waals surface area contributed by atoms with E-state index in [2.05, 4.69) is 21.6 Å². The Balaban J connectivity index is 1.71. The number of anilines is 2. The lowest BCUT2D eigenvalue weighted by Gasteiger charge is -2.25. The Morgan fingerprint density at radius 3 is 2.75 bits per heavy atom. The van der Waals surface area contributed by atoms with Crippen LogP contribution in [0.15, 0.2) is 24.3 Å². The van der Waals surface area contributed by atoms with Crippen molar-refractivity contribution in [1.29, 1.82) is 0 Å². The van der Waals surface area contributed by atoms with E-state index < -0.39 is 0 Å². The zero-order chi connectivity index (χ0) is 13.8. The van der Waals surface area contributed by atoms with Gasteiger partial charge in [-0.15, -0.1) is 0 Å². The number of benzene rings is 1. The number of nitrogens with zero attached hydrogens (tertiary/aromatic N) is 1. The standard InChI is InChI=1S/C16H23N3O/c20-16(13-6-5-9-17-12-13)18-14-7-1-2-8-15(14)19-10-3-4-11-19/h1-2,7-8,13,17H,3-6,9-12H2,(H,18,20)/t13-/m1/s1. The van der Waals surface area contributed by atoms with Crippen LogP contribution in [-0.2, 0) is 4.79 Å². The predicted molar refractivity (Wildman–Crippen MR) is 82.1 cm³/mol. The van der Waals surface area contributed by atoms with Crippen LogP contribution in [0.2, 0.25) is 0 Å². The number of piperidine rings is 1. The highest BCUT2D eigenvalue weighted by atomic mass is 16.1. The summed E-state index contributed by atoms with van der Waals surface area (Å²) in [6.07, 6.45) is 4.57. The van der Waals surface area contributed by atoms with Crippen LogP contribution in [0.3, 0.4) is 0 Å². The van der Waals surface area contributed by atoms with Gasteiger partial charge in [-0.25, -0.2) is 0 Å². The Hall–Kier alpha value is -1.55. The highest BCUT2D eigenvalue weighted by molar-refractivity contribution is 5.96. The first-order valence-corrected chi connectivity index (χ1v) is 7.70. The van der Waals surface area contributed by atoms with Crippen LogP contribution in [0.25, 0.3) is 0 Å². The Morgan fingerprint density at radius 2 is 2.00 bits per heavy atom. The summed E-state index contributed by atoms with van der Waals surface area (Å²) in [6.45, 7) is 4.03. The van der Waals surface area contributed by atoms with E-state index in [0.717, 1.165) is 44.7 Å². The van der Waals surface area contributed by atoms with Crippen molar-refractivity contribution in [2.75, 3.05) is 36.4 Å². The zero-order valence-electron chi connectivity index (χ0n) is 11.9. The summed E-state index contributed by atoms with van der Waals surface area (Å²) in [7, 11) is 0. The molecule has 4 nitrogen and oxygen atoms in total. The zero-order valence-corrected chi connectivity index (χ0v) is 11.9. The molecule has 0 spiro atoms. The van der Waals surface area contributed by atoms with E-state index in [1.165, 1.54) is 18.5 Å². The van der Waals surface area contributed by atoms with Gasteiger partial charge < -0.3 is 15.5 Å². The van der Waals surface area contributed by atoms with E-state index in [9.17, 15) is 4.79 Å². The van der Waals surface area contributed by atoms with Gasteiger partial charge in [-0.3, -0.25) is 4.79 Å². The highest BCUT2D eigenvalue weighted by Gasteiger charge is 2.22. The normalized spacial score (nSPS) is 22.8. The van der Waals surface area contributed by atoms with Crippen molar-refractivity contribution in [3.63, 3.8) is 0 Å². The number of para-hydroxylation sites is 2. The average Bonchev–Trinajstić information content (AvgIpc) is 3.03.